The topological polar surface area (TPSA) is 91.3 Å². The van der Waals surface area contributed by atoms with Crippen LogP contribution in [0.25, 0.3) is 22.3 Å². The molecule has 0 unspecified atom stereocenters. The van der Waals surface area contributed by atoms with Crippen LogP contribution in [0.4, 0.5) is 0 Å². The summed E-state index contributed by atoms with van der Waals surface area (Å²) in [4.78, 5) is 17.0. The predicted octanol–water partition coefficient (Wildman–Crippen LogP) is 3.02. The zero-order valence-corrected chi connectivity index (χ0v) is 16.4. The van der Waals surface area contributed by atoms with Gasteiger partial charge in [0.05, 0.1) is 5.69 Å². The molecule has 0 saturated carbocycles. The number of nitrogens with one attached hydrogen (secondary N) is 1. The molecule has 4 rings (SSSR count). The average molecular weight is 392 g/mol. The maximum Gasteiger partial charge on any atom is 0.245 e. The number of nitrogens with zero attached hydrogens (tertiary/aromatic N) is 3. The molecule has 1 saturated heterocycles. The third-order valence-electron chi connectivity index (χ3n) is 5.43. The van der Waals surface area contributed by atoms with Crippen LogP contribution in [0.2, 0.25) is 0 Å². The number of phenolic OH excluding ortho intramolecular Hbond substituents is 1. The van der Waals surface area contributed by atoms with Crippen molar-refractivity contribution in [3.63, 3.8) is 0 Å². The van der Waals surface area contributed by atoms with Crippen molar-refractivity contribution in [2.75, 3.05) is 26.8 Å². The van der Waals surface area contributed by atoms with E-state index in [0.717, 1.165) is 29.6 Å². The number of amides is 1. The van der Waals surface area contributed by atoms with E-state index in [0.29, 0.717) is 31.0 Å². The highest BCUT2D eigenvalue weighted by molar-refractivity contribution is 5.88. The number of hydrogen-bond donors (Lipinski definition) is 2. The highest BCUT2D eigenvalue weighted by Gasteiger charge is 2.33. The van der Waals surface area contributed by atoms with Crippen LogP contribution in [0.1, 0.15) is 23.6 Å². The second-order valence-electron chi connectivity index (χ2n) is 7.27. The molecule has 3 heterocycles. The van der Waals surface area contributed by atoms with Gasteiger partial charge in [0, 0.05) is 49.4 Å². The Labute approximate surface area is 169 Å². The molecule has 7 heteroatoms. The largest absolute Gasteiger partial charge is 0.507 e. The number of benzene rings is 1. The van der Waals surface area contributed by atoms with Crippen LogP contribution in [-0.4, -0.2) is 57.9 Å². The molecule has 29 heavy (non-hydrogen) atoms. The van der Waals surface area contributed by atoms with Gasteiger partial charge in [-0.3, -0.25) is 4.79 Å². The van der Waals surface area contributed by atoms with Gasteiger partial charge in [0.2, 0.25) is 5.91 Å². The first-order valence-corrected chi connectivity index (χ1v) is 9.69. The van der Waals surface area contributed by atoms with E-state index in [1.807, 2.05) is 18.2 Å². The fraction of sp³-hybridized carbons (Fsp3) is 0.318. The van der Waals surface area contributed by atoms with Gasteiger partial charge < -0.3 is 19.7 Å². The normalized spacial score (nSPS) is 14.2. The average Bonchev–Trinajstić information content (AvgIpc) is 3.04. The third-order valence-corrected chi connectivity index (χ3v) is 5.43. The summed E-state index contributed by atoms with van der Waals surface area (Å²) in [6, 6.07) is 9.09. The van der Waals surface area contributed by atoms with E-state index in [1.54, 1.807) is 24.1 Å². The maximum absolute atomic E-state index is 11.8. The summed E-state index contributed by atoms with van der Waals surface area (Å²) in [5.74, 6) is 0.370. The van der Waals surface area contributed by atoms with Crippen LogP contribution in [-0.2, 0) is 16.0 Å². The van der Waals surface area contributed by atoms with Gasteiger partial charge in [-0.1, -0.05) is 18.7 Å². The van der Waals surface area contributed by atoms with E-state index < -0.39 is 0 Å². The summed E-state index contributed by atoms with van der Waals surface area (Å²) in [5.41, 5.74) is 4.29. The SMILES string of the molecule is C=CC(=O)N1CC(c2[nH]c3nnc(-c4ccccc4O)cc3c2CCCOC)C1. The number of methoxy groups -OCH3 is 1. The van der Waals surface area contributed by atoms with Crippen molar-refractivity contribution >= 4 is 16.9 Å². The smallest absolute Gasteiger partial charge is 0.245 e. The Balaban J connectivity index is 1.71. The summed E-state index contributed by atoms with van der Waals surface area (Å²) in [5, 5.41) is 19.9. The Kier molecular flexibility index (Phi) is 5.31. The predicted molar refractivity (Wildman–Crippen MR) is 111 cm³/mol. The third kappa shape index (κ3) is 3.61. The molecule has 1 aliphatic rings. The minimum absolute atomic E-state index is 0.0417. The fourth-order valence-electron chi connectivity index (χ4n) is 3.87. The van der Waals surface area contributed by atoms with Gasteiger partial charge in [-0.25, -0.2) is 0 Å². The van der Waals surface area contributed by atoms with Gasteiger partial charge in [-0.15, -0.1) is 10.2 Å². The van der Waals surface area contributed by atoms with Crippen molar-refractivity contribution in [2.45, 2.75) is 18.8 Å². The van der Waals surface area contributed by atoms with E-state index in [4.69, 9.17) is 4.74 Å². The molecular formula is C22H24N4O3. The number of aromatic amines is 1. The molecule has 3 aromatic rings. The fourth-order valence-corrected chi connectivity index (χ4v) is 3.87. The molecule has 2 aromatic heterocycles. The molecule has 2 N–H and O–H groups in total. The quantitative estimate of drug-likeness (QED) is 0.476. The highest BCUT2D eigenvalue weighted by atomic mass is 16.5. The molecule has 0 atom stereocenters. The monoisotopic (exact) mass is 392 g/mol. The second-order valence-corrected chi connectivity index (χ2v) is 7.27. The van der Waals surface area contributed by atoms with Crippen molar-refractivity contribution in [1.82, 2.24) is 20.1 Å². The highest BCUT2D eigenvalue weighted by Crippen LogP contribution is 2.35. The van der Waals surface area contributed by atoms with Crippen molar-refractivity contribution in [1.29, 1.82) is 0 Å². The Morgan fingerprint density at radius 1 is 1.38 bits per heavy atom. The molecule has 1 aromatic carbocycles. The Hall–Kier alpha value is -3.19. The first kappa shape index (κ1) is 19.1. The standard InChI is InChI=1S/C22H24N4O3/c1-3-20(28)26-12-14(13-26)21-15(8-6-10-29-2)17-11-18(24-25-22(17)23-21)16-7-4-5-9-19(16)27/h3-5,7,9,11,14,27H,1,6,8,10,12-13H2,2H3,(H,23,25). The Morgan fingerprint density at radius 2 is 2.17 bits per heavy atom. The van der Waals surface area contributed by atoms with Gasteiger partial charge in [0.15, 0.2) is 5.65 Å². The molecule has 0 bridgehead atoms. The lowest BCUT2D eigenvalue weighted by Gasteiger charge is -2.38. The number of aryl methyl sites for hydroxylation is 1. The summed E-state index contributed by atoms with van der Waals surface area (Å²) >= 11 is 0. The lowest BCUT2D eigenvalue weighted by atomic mass is 9.91. The first-order chi connectivity index (χ1) is 14.1. The number of aromatic nitrogens is 3. The molecule has 0 aliphatic carbocycles. The van der Waals surface area contributed by atoms with E-state index in [1.165, 1.54) is 11.6 Å². The molecular weight excluding hydrogens is 368 g/mol. The number of ether oxygens (including phenoxy) is 1. The Bertz CT molecular complexity index is 1050. The van der Waals surface area contributed by atoms with Gasteiger partial charge in [0.25, 0.3) is 0 Å². The van der Waals surface area contributed by atoms with E-state index in [-0.39, 0.29) is 17.6 Å². The number of carbonyl (C=O) groups excluding carboxylic acids is 1. The first-order valence-electron chi connectivity index (χ1n) is 9.69. The van der Waals surface area contributed by atoms with Gasteiger partial charge in [-0.05, 0) is 42.7 Å². The minimum atomic E-state index is -0.0417. The van der Waals surface area contributed by atoms with Crippen molar-refractivity contribution < 1.29 is 14.6 Å². The Morgan fingerprint density at radius 3 is 2.90 bits per heavy atom. The summed E-state index contributed by atoms with van der Waals surface area (Å²) in [6.45, 7) is 5.55. The molecule has 1 fully saturated rings. The van der Waals surface area contributed by atoms with Crippen LogP contribution in [0.15, 0.2) is 43.0 Å². The summed E-state index contributed by atoms with van der Waals surface area (Å²) < 4.78 is 5.23. The molecule has 7 nitrogen and oxygen atoms in total. The van der Waals surface area contributed by atoms with Crippen molar-refractivity contribution in [3.8, 4) is 17.0 Å². The number of para-hydroxylation sites is 1. The zero-order valence-electron chi connectivity index (χ0n) is 16.4. The molecule has 150 valence electrons. The number of H-pyrrole nitrogens is 1. The number of phenols is 1. The second kappa shape index (κ2) is 8.05. The van der Waals surface area contributed by atoms with E-state index >= 15 is 0 Å². The van der Waals surface area contributed by atoms with Crippen molar-refractivity contribution in [3.05, 3.63) is 54.2 Å². The van der Waals surface area contributed by atoms with Crippen LogP contribution < -0.4 is 0 Å². The van der Waals surface area contributed by atoms with Gasteiger partial charge in [0.1, 0.15) is 5.75 Å². The molecule has 1 aliphatic heterocycles. The van der Waals surface area contributed by atoms with Crippen LogP contribution in [0, 0.1) is 0 Å². The number of rotatable bonds is 7. The molecule has 1 amide bonds. The summed E-state index contributed by atoms with van der Waals surface area (Å²) in [7, 11) is 1.70. The van der Waals surface area contributed by atoms with E-state index in [9.17, 15) is 9.90 Å². The maximum atomic E-state index is 11.8. The molecule has 0 radical (unpaired) electrons. The number of fused-ring (bicyclic) bond motifs is 1. The number of carbonyl (C=O) groups is 1. The number of aromatic hydroxyl groups is 1. The van der Waals surface area contributed by atoms with Crippen molar-refractivity contribution in [2.24, 2.45) is 0 Å². The summed E-state index contributed by atoms with van der Waals surface area (Å²) in [6.07, 6.45) is 3.07. The van der Waals surface area contributed by atoms with Gasteiger partial charge in [-0.2, -0.15) is 0 Å². The minimum Gasteiger partial charge on any atom is -0.507 e. The van der Waals surface area contributed by atoms with Gasteiger partial charge >= 0.3 is 0 Å². The zero-order chi connectivity index (χ0) is 20.4. The van der Waals surface area contributed by atoms with Crippen LogP contribution >= 0.6 is 0 Å². The molecule has 0 spiro atoms. The lowest BCUT2D eigenvalue weighted by molar-refractivity contribution is -0.130. The number of likely N-dealkylation sites (tertiary alicyclic amines) is 1. The van der Waals surface area contributed by atoms with E-state index in [2.05, 4.69) is 21.8 Å². The van der Waals surface area contributed by atoms with Crippen LogP contribution in [0.5, 0.6) is 5.75 Å². The number of hydrogen-bond acceptors (Lipinski definition) is 5. The van der Waals surface area contributed by atoms with Crippen LogP contribution in [0.3, 0.4) is 0 Å². The lowest BCUT2D eigenvalue weighted by Crippen LogP contribution is -2.48.